The summed E-state index contributed by atoms with van der Waals surface area (Å²) in [4.78, 5) is 44.9. The van der Waals surface area contributed by atoms with E-state index in [0.29, 0.717) is 10.7 Å². The van der Waals surface area contributed by atoms with Crippen LogP contribution in [0.2, 0.25) is 5.02 Å². The molecule has 3 aromatic rings. The number of carbonyl (C=O) groups is 2. The Kier molecular flexibility index (Phi) is 4.30. The molecule has 0 radical (unpaired) electrons. The van der Waals surface area contributed by atoms with Crippen LogP contribution in [0.15, 0.2) is 64.4 Å². The second-order valence-corrected chi connectivity index (χ2v) is 12.0. The predicted molar refractivity (Wildman–Crippen MR) is 129 cm³/mol. The first-order valence-corrected chi connectivity index (χ1v) is 13.2. The van der Waals surface area contributed by atoms with Crippen LogP contribution < -0.4 is 9.77 Å². The second-order valence-electron chi connectivity index (χ2n) is 9.36. The van der Waals surface area contributed by atoms with Crippen LogP contribution in [-0.2, 0) is 9.59 Å². The maximum absolute atomic E-state index is 13.6. The molecule has 1 N–H and O–H groups in total. The fourth-order valence-corrected chi connectivity index (χ4v) is 9.91. The zero-order valence-electron chi connectivity index (χ0n) is 17.3. The summed E-state index contributed by atoms with van der Waals surface area (Å²) in [6, 6.07) is 17.1. The molecule has 0 unspecified atom stereocenters. The van der Waals surface area contributed by atoms with E-state index in [-0.39, 0.29) is 57.4 Å². The number of rotatable bonds is 2. The fraction of sp³-hybridized carbons (Fsp3) is 0.320. The molecule has 2 amide bonds. The van der Waals surface area contributed by atoms with Crippen molar-refractivity contribution in [3.05, 3.63) is 79.7 Å². The van der Waals surface area contributed by atoms with Gasteiger partial charge in [0.15, 0.2) is 0 Å². The van der Waals surface area contributed by atoms with Crippen molar-refractivity contribution >= 4 is 52.2 Å². The van der Waals surface area contributed by atoms with Crippen LogP contribution in [0.4, 0.5) is 5.69 Å². The molecule has 2 aromatic carbocycles. The van der Waals surface area contributed by atoms with Crippen LogP contribution in [0.3, 0.4) is 0 Å². The van der Waals surface area contributed by atoms with Crippen molar-refractivity contribution < 1.29 is 9.59 Å². The van der Waals surface area contributed by atoms with Gasteiger partial charge in [-0.05, 0) is 54.0 Å². The normalized spacial score (nSPS) is 33.8. The Balaban J connectivity index is 1.34. The summed E-state index contributed by atoms with van der Waals surface area (Å²) in [7, 11) is 0. The summed E-state index contributed by atoms with van der Waals surface area (Å²) in [5.74, 6) is -0.192. The zero-order valence-corrected chi connectivity index (χ0v) is 19.7. The number of para-hydroxylation sites is 1. The predicted octanol–water partition coefficient (Wildman–Crippen LogP) is 4.77. The van der Waals surface area contributed by atoms with Gasteiger partial charge in [0.25, 0.3) is 0 Å². The van der Waals surface area contributed by atoms with Gasteiger partial charge in [0.2, 0.25) is 11.8 Å². The molecule has 1 aromatic heterocycles. The number of aromatic nitrogens is 1. The van der Waals surface area contributed by atoms with Gasteiger partial charge in [-0.25, -0.2) is 0 Å². The Morgan fingerprint density at radius 1 is 0.909 bits per heavy atom. The van der Waals surface area contributed by atoms with Crippen LogP contribution >= 0.6 is 34.7 Å². The number of thiazole rings is 1. The number of amides is 2. The van der Waals surface area contributed by atoms with Crippen molar-refractivity contribution in [1.29, 1.82) is 0 Å². The molecule has 2 bridgehead atoms. The number of thioether (sulfide) groups is 1. The number of fused-ring (bicyclic) bond motifs is 9. The minimum absolute atomic E-state index is 0.0251. The van der Waals surface area contributed by atoms with Gasteiger partial charge in [0.05, 0.1) is 22.5 Å². The van der Waals surface area contributed by atoms with Crippen molar-refractivity contribution in [1.82, 2.24) is 4.98 Å². The molecule has 8 heteroatoms. The van der Waals surface area contributed by atoms with Crippen molar-refractivity contribution in [3.63, 3.8) is 0 Å². The lowest BCUT2D eigenvalue weighted by Crippen LogP contribution is -2.42. The lowest BCUT2D eigenvalue weighted by atomic mass is 9.68. The van der Waals surface area contributed by atoms with Crippen molar-refractivity contribution in [3.8, 4) is 0 Å². The molecule has 3 heterocycles. The summed E-state index contributed by atoms with van der Waals surface area (Å²) in [6.07, 6.45) is 0.890. The third kappa shape index (κ3) is 2.70. The lowest BCUT2D eigenvalue weighted by molar-refractivity contribution is -0.123. The van der Waals surface area contributed by atoms with E-state index >= 15 is 0 Å². The number of anilines is 1. The molecule has 2 aliphatic carbocycles. The Morgan fingerprint density at radius 2 is 1.61 bits per heavy atom. The smallest absolute Gasteiger partial charge is 0.305 e. The highest BCUT2D eigenvalue weighted by atomic mass is 35.5. The summed E-state index contributed by atoms with van der Waals surface area (Å²) in [6.45, 7) is 0. The molecule has 33 heavy (non-hydrogen) atoms. The number of carbonyl (C=O) groups excluding carboxylic acids is 2. The number of hydrogen-bond donors (Lipinski definition) is 1. The Labute approximate surface area is 203 Å². The number of benzene rings is 2. The first-order valence-electron chi connectivity index (χ1n) is 11.1. The highest BCUT2D eigenvalue weighted by Gasteiger charge is 2.69. The maximum atomic E-state index is 13.6. The van der Waals surface area contributed by atoms with Gasteiger partial charge in [-0.1, -0.05) is 53.3 Å². The van der Waals surface area contributed by atoms with Crippen LogP contribution in [0.25, 0.3) is 0 Å². The molecule has 7 atom stereocenters. The van der Waals surface area contributed by atoms with E-state index in [1.165, 1.54) is 16.2 Å². The number of aromatic amines is 1. The van der Waals surface area contributed by atoms with Gasteiger partial charge >= 0.3 is 4.87 Å². The largest absolute Gasteiger partial charge is 0.307 e. The summed E-state index contributed by atoms with van der Waals surface area (Å²) in [5.41, 5.74) is 1.78. The van der Waals surface area contributed by atoms with Gasteiger partial charge in [0.1, 0.15) is 0 Å². The Morgan fingerprint density at radius 3 is 2.33 bits per heavy atom. The van der Waals surface area contributed by atoms with Crippen molar-refractivity contribution in [2.75, 3.05) is 4.90 Å². The van der Waals surface area contributed by atoms with Gasteiger partial charge < -0.3 is 4.98 Å². The summed E-state index contributed by atoms with van der Waals surface area (Å²) < 4.78 is 0. The van der Waals surface area contributed by atoms with E-state index in [2.05, 4.69) is 4.98 Å². The van der Waals surface area contributed by atoms with Crippen LogP contribution in [0, 0.1) is 29.6 Å². The first kappa shape index (κ1) is 20.1. The molecule has 1 saturated heterocycles. The molecule has 3 fully saturated rings. The first-order chi connectivity index (χ1) is 16.0. The number of imide groups is 1. The molecule has 2 aliphatic heterocycles. The minimum atomic E-state index is -0.281. The number of hydrogen-bond acceptors (Lipinski definition) is 5. The van der Waals surface area contributed by atoms with E-state index in [1.807, 2.05) is 54.6 Å². The average Bonchev–Trinajstić information content (AvgIpc) is 3.54. The Bertz CT molecular complexity index is 1350. The van der Waals surface area contributed by atoms with E-state index in [0.717, 1.165) is 21.9 Å². The monoisotopic (exact) mass is 494 g/mol. The molecule has 5 nitrogen and oxygen atoms in total. The molecule has 166 valence electrons. The molecule has 2 saturated carbocycles. The zero-order chi connectivity index (χ0) is 22.4. The minimum Gasteiger partial charge on any atom is -0.307 e. The second kappa shape index (κ2) is 7.08. The number of nitrogens with zero attached hydrogens (tertiary/aromatic N) is 1. The van der Waals surface area contributed by atoms with Crippen LogP contribution in [-0.4, -0.2) is 22.0 Å². The molecular weight excluding hydrogens is 476 g/mol. The average molecular weight is 495 g/mol. The number of halogens is 1. The van der Waals surface area contributed by atoms with Gasteiger partial charge in [-0.3, -0.25) is 19.3 Å². The SMILES string of the molecule is O=C1[C@@H]2[C@H]3C[C@@H]([C@@H]2C(=O)N1c1ccccc1)[C@@H]1[C@@H](c2ccc(Cl)cc2)c2sc(=O)[nH]c2S[C@@H]31. The molecular formula is C25H19ClN2O3S2. The van der Waals surface area contributed by atoms with Gasteiger partial charge in [0, 0.05) is 21.1 Å². The van der Waals surface area contributed by atoms with Gasteiger partial charge in [-0.2, -0.15) is 0 Å². The summed E-state index contributed by atoms with van der Waals surface area (Å²) >= 11 is 9.15. The van der Waals surface area contributed by atoms with Crippen molar-refractivity contribution in [2.45, 2.75) is 22.6 Å². The van der Waals surface area contributed by atoms with E-state index < -0.39 is 0 Å². The van der Waals surface area contributed by atoms with Crippen LogP contribution in [0.5, 0.6) is 0 Å². The number of H-pyrrole nitrogens is 1. The third-order valence-electron chi connectivity index (χ3n) is 7.97. The highest BCUT2D eigenvalue weighted by molar-refractivity contribution is 8.00. The standard InChI is InChI=1S/C25H19ClN2O3S2/c26-12-8-6-11(7-9-12)16-17-14-10-15(20(17)32-22-21(16)33-25(31)27-22)19-18(14)23(29)28(24(19)30)13-4-2-1-3-5-13/h1-9,14-20H,10H2,(H,27,31)/t14-,15-,16-,17-,18+,19-,20+/m1/s1. The quantitative estimate of drug-likeness (QED) is 0.521. The van der Waals surface area contributed by atoms with E-state index in [9.17, 15) is 14.4 Å². The third-order valence-corrected chi connectivity index (χ3v) is 10.8. The van der Waals surface area contributed by atoms with Gasteiger partial charge in [-0.15, -0.1) is 11.8 Å². The topological polar surface area (TPSA) is 70.2 Å². The highest BCUT2D eigenvalue weighted by Crippen LogP contribution is 2.68. The maximum Gasteiger partial charge on any atom is 0.305 e. The lowest BCUT2D eigenvalue weighted by Gasteiger charge is -2.43. The fourth-order valence-electron chi connectivity index (χ4n) is 6.89. The number of nitrogens with one attached hydrogen (secondary N) is 1. The van der Waals surface area contributed by atoms with E-state index in [4.69, 9.17) is 11.6 Å². The molecule has 4 aliphatic rings. The van der Waals surface area contributed by atoms with Crippen LogP contribution in [0.1, 0.15) is 22.8 Å². The molecule has 7 rings (SSSR count). The molecule has 0 spiro atoms. The Hall–Kier alpha value is -2.35. The summed E-state index contributed by atoms with van der Waals surface area (Å²) in [5, 5.41) is 1.79. The van der Waals surface area contributed by atoms with Crippen molar-refractivity contribution in [2.24, 2.45) is 29.6 Å². The van der Waals surface area contributed by atoms with E-state index in [1.54, 1.807) is 11.8 Å².